The third-order valence-electron chi connectivity index (χ3n) is 3.17. The van der Waals surface area contributed by atoms with Crippen LogP contribution in [0, 0.1) is 0 Å². The number of rotatable bonds is 4. The molecule has 21 heavy (non-hydrogen) atoms. The van der Waals surface area contributed by atoms with E-state index in [0.717, 1.165) is 0 Å². The van der Waals surface area contributed by atoms with E-state index >= 15 is 0 Å². The van der Waals surface area contributed by atoms with E-state index < -0.39 is 0 Å². The maximum Gasteiger partial charge on any atom is 0.251 e. The van der Waals surface area contributed by atoms with E-state index in [2.05, 4.69) is 21.2 Å². The predicted molar refractivity (Wildman–Crippen MR) is 83.5 cm³/mol. The van der Waals surface area contributed by atoms with Crippen LogP contribution >= 0.6 is 27.5 Å². The van der Waals surface area contributed by atoms with E-state index in [1.165, 1.54) is 0 Å². The van der Waals surface area contributed by atoms with Crippen LogP contribution in [0.5, 0.6) is 0 Å². The van der Waals surface area contributed by atoms with Gasteiger partial charge in [0.25, 0.3) is 5.91 Å². The second-order valence-electron chi connectivity index (χ2n) is 4.63. The van der Waals surface area contributed by atoms with Crippen molar-refractivity contribution in [2.24, 2.45) is 0 Å². The molecule has 0 bridgehead atoms. The highest BCUT2D eigenvalue weighted by molar-refractivity contribution is 9.10. The van der Waals surface area contributed by atoms with Crippen molar-refractivity contribution < 1.29 is 14.3 Å². The standard InChI is InChI=1S/C14H16BrClN2O3/c15-11-9-10(1-2-12(11)16)14(20)17-4-3-13(19)18-5-7-21-8-6-18/h1-2,9H,3-8H2,(H,17,20). The Bertz CT molecular complexity index is 533. The zero-order valence-electron chi connectivity index (χ0n) is 11.4. The highest BCUT2D eigenvalue weighted by Gasteiger charge is 2.16. The number of carbonyl (C=O) groups excluding carboxylic acids is 2. The number of nitrogens with one attached hydrogen (secondary N) is 1. The molecule has 0 spiro atoms. The normalized spacial score (nSPS) is 14.9. The molecule has 2 rings (SSSR count). The Hall–Kier alpha value is -1.11. The number of benzene rings is 1. The summed E-state index contributed by atoms with van der Waals surface area (Å²) in [4.78, 5) is 25.6. The molecule has 7 heteroatoms. The van der Waals surface area contributed by atoms with Gasteiger partial charge in [-0.25, -0.2) is 0 Å². The van der Waals surface area contributed by atoms with Crippen LogP contribution in [0.1, 0.15) is 16.8 Å². The zero-order valence-corrected chi connectivity index (χ0v) is 13.7. The van der Waals surface area contributed by atoms with Gasteiger partial charge in [-0.05, 0) is 34.1 Å². The summed E-state index contributed by atoms with van der Waals surface area (Å²) in [7, 11) is 0. The Labute approximate surface area is 136 Å². The van der Waals surface area contributed by atoms with Crippen molar-refractivity contribution in [1.29, 1.82) is 0 Å². The number of hydrogen-bond acceptors (Lipinski definition) is 3. The molecule has 1 fully saturated rings. The lowest BCUT2D eigenvalue weighted by Crippen LogP contribution is -2.42. The van der Waals surface area contributed by atoms with E-state index in [0.29, 0.717) is 54.3 Å². The Morgan fingerprint density at radius 3 is 2.71 bits per heavy atom. The van der Waals surface area contributed by atoms with Gasteiger partial charge in [0.05, 0.1) is 18.2 Å². The molecule has 0 radical (unpaired) electrons. The Kier molecular flexibility index (Phi) is 6.02. The van der Waals surface area contributed by atoms with Gasteiger partial charge in [-0.3, -0.25) is 9.59 Å². The van der Waals surface area contributed by atoms with Gasteiger partial charge in [-0.1, -0.05) is 11.6 Å². The molecule has 0 saturated carbocycles. The number of morpholine rings is 1. The molecule has 1 heterocycles. The molecule has 0 unspecified atom stereocenters. The average molecular weight is 376 g/mol. The van der Waals surface area contributed by atoms with E-state index in [-0.39, 0.29) is 11.8 Å². The number of amides is 2. The molecule has 1 aromatic carbocycles. The minimum absolute atomic E-state index is 0.0379. The smallest absolute Gasteiger partial charge is 0.251 e. The number of nitrogens with zero attached hydrogens (tertiary/aromatic N) is 1. The largest absolute Gasteiger partial charge is 0.378 e. The second kappa shape index (κ2) is 7.77. The molecule has 1 aliphatic rings. The number of halogens is 2. The summed E-state index contributed by atoms with van der Waals surface area (Å²) in [6.45, 7) is 2.72. The molecule has 114 valence electrons. The van der Waals surface area contributed by atoms with Crippen LogP contribution in [-0.4, -0.2) is 49.6 Å². The third-order valence-corrected chi connectivity index (χ3v) is 4.38. The summed E-state index contributed by atoms with van der Waals surface area (Å²) in [6, 6.07) is 4.95. The van der Waals surface area contributed by atoms with Crippen LogP contribution in [0.4, 0.5) is 0 Å². The molecule has 0 atom stereocenters. The van der Waals surface area contributed by atoms with Crippen molar-refractivity contribution in [3.05, 3.63) is 33.3 Å². The summed E-state index contributed by atoms with van der Waals surface area (Å²) < 4.78 is 5.86. The molecule has 1 aliphatic heterocycles. The van der Waals surface area contributed by atoms with Gasteiger partial charge < -0.3 is 15.0 Å². The minimum Gasteiger partial charge on any atom is -0.378 e. The molecule has 5 nitrogen and oxygen atoms in total. The van der Waals surface area contributed by atoms with Crippen molar-refractivity contribution in [2.75, 3.05) is 32.8 Å². The minimum atomic E-state index is -0.220. The maximum absolute atomic E-state index is 11.9. The summed E-state index contributed by atoms with van der Waals surface area (Å²) >= 11 is 9.15. The molecule has 0 aliphatic carbocycles. The van der Waals surface area contributed by atoms with Gasteiger partial charge in [-0.15, -0.1) is 0 Å². The predicted octanol–water partition coefficient (Wildman–Crippen LogP) is 2.08. The lowest BCUT2D eigenvalue weighted by Gasteiger charge is -2.26. The van der Waals surface area contributed by atoms with Crippen LogP contribution in [0.25, 0.3) is 0 Å². The first-order chi connectivity index (χ1) is 10.1. The lowest BCUT2D eigenvalue weighted by atomic mass is 10.2. The molecule has 1 aromatic rings. The summed E-state index contributed by atoms with van der Waals surface area (Å²) in [5, 5.41) is 3.28. The van der Waals surface area contributed by atoms with Crippen molar-refractivity contribution >= 4 is 39.3 Å². The van der Waals surface area contributed by atoms with Gasteiger partial charge >= 0.3 is 0 Å². The van der Waals surface area contributed by atoms with Gasteiger partial charge in [0.1, 0.15) is 0 Å². The summed E-state index contributed by atoms with van der Waals surface area (Å²) in [5.74, 6) is -0.182. The Morgan fingerprint density at radius 2 is 2.05 bits per heavy atom. The SMILES string of the molecule is O=C(NCCC(=O)N1CCOCC1)c1ccc(Cl)c(Br)c1. The van der Waals surface area contributed by atoms with Gasteiger partial charge in [0, 0.05) is 36.1 Å². The van der Waals surface area contributed by atoms with E-state index in [9.17, 15) is 9.59 Å². The van der Waals surface area contributed by atoms with E-state index in [4.69, 9.17) is 16.3 Å². The van der Waals surface area contributed by atoms with Crippen LogP contribution in [0.3, 0.4) is 0 Å². The van der Waals surface area contributed by atoms with Gasteiger partial charge in [0.2, 0.25) is 5.91 Å². The topological polar surface area (TPSA) is 58.6 Å². The molecule has 0 aromatic heterocycles. The van der Waals surface area contributed by atoms with Crippen molar-refractivity contribution in [2.45, 2.75) is 6.42 Å². The summed E-state index contributed by atoms with van der Waals surface area (Å²) in [6.07, 6.45) is 0.292. The fourth-order valence-corrected chi connectivity index (χ4v) is 2.49. The lowest BCUT2D eigenvalue weighted by molar-refractivity contribution is -0.135. The molecule has 2 amide bonds. The number of hydrogen-bond donors (Lipinski definition) is 1. The first-order valence-corrected chi connectivity index (χ1v) is 7.84. The van der Waals surface area contributed by atoms with Gasteiger partial charge in [0.15, 0.2) is 0 Å². The average Bonchev–Trinajstić information content (AvgIpc) is 2.50. The monoisotopic (exact) mass is 374 g/mol. The third kappa shape index (κ3) is 4.69. The van der Waals surface area contributed by atoms with Crippen LogP contribution < -0.4 is 5.32 Å². The second-order valence-corrected chi connectivity index (χ2v) is 5.89. The van der Waals surface area contributed by atoms with E-state index in [1.807, 2.05) is 0 Å². The van der Waals surface area contributed by atoms with Crippen molar-refractivity contribution in [1.82, 2.24) is 10.2 Å². The highest BCUT2D eigenvalue weighted by atomic mass is 79.9. The van der Waals surface area contributed by atoms with Crippen LogP contribution in [0.15, 0.2) is 22.7 Å². The number of ether oxygens (including phenoxy) is 1. The fraction of sp³-hybridized carbons (Fsp3) is 0.429. The zero-order chi connectivity index (χ0) is 15.2. The quantitative estimate of drug-likeness (QED) is 0.876. The van der Waals surface area contributed by atoms with Crippen LogP contribution in [0.2, 0.25) is 5.02 Å². The Morgan fingerprint density at radius 1 is 1.33 bits per heavy atom. The highest BCUT2D eigenvalue weighted by Crippen LogP contribution is 2.23. The first-order valence-electron chi connectivity index (χ1n) is 6.66. The fourth-order valence-electron chi connectivity index (χ4n) is 1.99. The maximum atomic E-state index is 11.9. The molecular formula is C14H16BrClN2O3. The Balaban J connectivity index is 1.78. The summed E-state index contributed by atoms with van der Waals surface area (Å²) in [5.41, 5.74) is 0.505. The number of carbonyl (C=O) groups is 2. The van der Waals surface area contributed by atoms with E-state index in [1.54, 1.807) is 23.1 Å². The van der Waals surface area contributed by atoms with Gasteiger partial charge in [-0.2, -0.15) is 0 Å². The first kappa shape index (κ1) is 16.3. The molecule has 1 N–H and O–H groups in total. The molecular weight excluding hydrogens is 360 g/mol. The molecule has 1 saturated heterocycles. The van der Waals surface area contributed by atoms with Crippen molar-refractivity contribution in [3.8, 4) is 0 Å². The van der Waals surface area contributed by atoms with Crippen molar-refractivity contribution in [3.63, 3.8) is 0 Å². The van der Waals surface area contributed by atoms with Crippen LogP contribution in [-0.2, 0) is 9.53 Å².